The van der Waals surface area contributed by atoms with Crippen LogP contribution >= 0.6 is 0 Å². The molecule has 0 radical (unpaired) electrons. The topological polar surface area (TPSA) is 66.8 Å². The van der Waals surface area contributed by atoms with Gasteiger partial charge in [0.15, 0.2) is 0 Å². The lowest BCUT2D eigenvalue weighted by atomic mass is 10.3. The van der Waals surface area contributed by atoms with Gasteiger partial charge in [-0.2, -0.15) is 0 Å². The first kappa shape index (κ1) is 10.8. The average Bonchev–Trinajstić information content (AvgIpc) is 2.03. The van der Waals surface area contributed by atoms with Crippen LogP contribution in [0.3, 0.4) is 0 Å². The molecule has 0 heterocycles. The van der Waals surface area contributed by atoms with Crippen molar-refractivity contribution in [3.63, 3.8) is 0 Å². The third-order valence-electron chi connectivity index (χ3n) is 1.38. The lowest BCUT2D eigenvalue weighted by Crippen LogP contribution is -2.04. The Morgan fingerprint density at radius 2 is 2.00 bits per heavy atom. The fraction of sp³-hybridized carbons (Fsp3) is 0.625. The maximum Gasteiger partial charge on any atom is 0.338 e. The second-order valence-electron chi connectivity index (χ2n) is 2.44. The van der Waals surface area contributed by atoms with E-state index in [1.165, 1.54) is 6.92 Å². The molecule has 0 bridgehead atoms. The molecule has 12 heavy (non-hydrogen) atoms. The summed E-state index contributed by atoms with van der Waals surface area (Å²) in [6.45, 7) is 3.63. The number of rotatable bonds is 5. The summed E-state index contributed by atoms with van der Waals surface area (Å²) in [4.78, 5) is 10.3. The Bertz CT molecular complexity index is 183. The minimum absolute atomic E-state index is 0.161. The zero-order valence-corrected chi connectivity index (χ0v) is 7.33. The molecule has 2 N–H and O–H groups in total. The summed E-state index contributed by atoms with van der Waals surface area (Å²) in [6, 6.07) is 0. The van der Waals surface area contributed by atoms with Gasteiger partial charge in [-0.15, -0.1) is 0 Å². The van der Waals surface area contributed by atoms with Crippen LogP contribution in [0, 0.1) is 0 Å². The van der Waals surface area contributed by atoms with Crippen molar-refractivity contribution in [1.29, 1.82) is 0 Å². The number of hydrogen-bond donors (Lipinski definition) is 2. The molecular weight excluding hydrogens is 160 g/mol. The first-order valence-corrected chi connectivity index (χ1v) is 3.85. The van der Waals surface area contributed by atoms with Crippen LogP contribution in [-0.4, -0.2) is 22.8 Å². The number of aliphatic carboxylic acids is 1. The molecule has 0 unspecified atom stereocenters. The SMILES string of the molecule is CCCCOC(O)=C(C)C(=O)O. The predicted octanol–water partition coefficient (Wildman–Crippen LogP) is 1.68. The van der Waals surface area contributed by atoms with E-state index in [1.54, 1.807) is 0 Å². The number of carboxylic acids is 1. The Morgan fingerprint density at radius 3 is 2.42 bits per heavy atom. The van der Waals surface area contributed by atoms with E-state index < -0.39 is 11.9 Å². The van der Waals surface area contributed by atoms with E-state index in [-0.39, 0.29) is 5.57 Å². The van der Waals surface area contributed by atoms with Gasteiger partial charge in [-0.05, 0) is 13.3 Å². The van der Waals surface area contributed by atoms with Crippen LogP contribution in [-0.2, 0) is 9.53 Å². The number of carboxylic acid groups (broad SMARTS) is 1. The normalized spacial score (nSPS) is 12.2. The zero-order chi connectivity index (χ0) is 9.56. The van der Waals surface area contributed by atoms with Crippen molar-refractivity contribution >= 4 is 5.97 Å². The highest BCUT2D eigenvalue weighted by atomic mass is 16.6. The monoisotopic (exact) mass is 174 g/mol. The second kappa shape index (κ2) is 5.46. The molecule has 0 aromatic heterocycles. The van der Waals surface area contributed by atoms with Gasteiger partial charge in [-0.25, -0.2) is 4.79 Å². The quantitative estimate of drug-likeness (QED) is 0.378. The molecule has 0 saturated heterocycles. The Hall–Kier alpha value is -1.19. The maximum atomic E-state index is 10.3. The molecule has 70 valence electrons. The lowest BCUT2D eigenvalue weighted by molar-refractivity contribution is -0.133. The van der Waals surface area contributed by atoms with Gasteiger partial charge in [0, 0.05) is 0 Å². The molecule has 0 aliphatic heterocycles. The van der Waals surface area contributed by atoms with Crippen LogP contribution < -0.4 is 0 Å². The number of aliphatic hydroxyl groups is 1. The molecule has 0 aliphatic rings. The van der Waals surface area contributed by atoms with Gasteiger partial charge in [0.25, 0.3) is 5.95 Å². The molecule has 0 aromatic rings. The summed E-state index contributed by atoms with van der Waals surface area (Å²) in [6.07, 6.45) is 1.75. The summed E-state index contributed by atoms with van der Waals surface area (Å²) < 4.78 is 4.76. The van der Waals surface area contributed by atoms with Crippen molar-refractivity contribution in [2.24, 2.45) is 0 Å². The highest BCUT2D eigenvalue weighted by molar-refractivity contribution is 5.85. The molecule has 0 saturated carbocycles. The van der Waals surface area contributed by atoms with Gasteiger partial charge in [0.1, 0.15) is 5.57 Å². The van der Waals surface area contributed by atoms with Gasteiger partial charge in [-0.1, -0.05) is 13.3 Å². The summed E-state index contributed by atoms with van der Waals surface area (Å²) >= 11 is 0. The Morgan fingerprint density at radius 1 is 1.42 bits per heavy atom. The van der Waals surface area contributed by atoms with Crippen LogP contribution in [0.2, 0.25) is 0 Å². The molecule has 0 atom stereocenters. The largest absolute Gasteiger partial charge is 0.481 e. The summed E-state index contributed by atoms with van der Waals surface area (Å²) in [5.74, 6) is -1.65. The van der Waals surface area contributed by atoms with E-state index in [4.69, 9.17) is 14.9 Å². The molecule has 0 amide bonds. The van der Waals surface area contributed by atoms with Gasteiger partial charge in [0.05, 0.1) is 6.61 Å². The van der Waals surface area contributed by atoms with Crippen molar-refractivity contribution < 1.29 is 19.7 Å². The fourth-order valence-electron chi connectivity index (χ4n) is 0.513. The molecule has 0 rings (SSSR count). The first-order chi connectivity index (χ1) is 5.59. The van der Waals surface area contributed by atoms with E-state index in [2.05, 4.69) is 0 Å². The van der Waals surface area contributed by atoms with Gasteiger partial charge < -0.3 is 14.9 Å². The van der Waals surface area contributed by atoms with E-state index in [0.717, 1.165) is 12.8 Å². The van der Waals surface area contributed by atoms with Crippen LogP contribution in [0.1, 0.15) is 26.7 Å². The molecule has 4 nitrogen and oxygen atoms in total. The second-order valence-corrected chi connectivity index (χ2v) is 2.44. The summed E-state index contributed by atoms with van der Waals surface area (Å²) in [5.41, 5.74) is -0.161. The maximum absolute atomic E-state index is 10.3. The first-order valence-electron chi connectivity index (χ1n) is 3.85. The van der Waals surface area contributed by atoms with Crippen molar-refractivity contribution in [3.8, 4) is 0 Å². The highest BCUT2D eigenvalue weighted by Gasteiger charge is 2.08. The number of unbranched alkanes of at least 4 members (excludes halogenated alkanes) is 1. The molecule has 0 aromatic carbocycles. The fourth-order valence-corrected chi connectivity index (χ4v) is 0.513. The van der Waals surface area contributed by atoms with Gasteiger partial charge >= 0.3 is 5.97 Å². The molecule has 0 spiro atoms. The van der Waals surface area contributed by atoms with E-state index in [9.17, 15) is 4.79 Å². The number of ether oxygens (including phenoxy) is 1. The summed E-state index contributed by atoms with van der Waals surface area (Å²) in [5, 5.41) is 17.4. The molecule has 4 heteroatoms. The van der Waals surface area contributed by atoms with Crippen molar-refractivity contribution in [2.75, 3.05) is 6.61 Å². The van der Waals surface area contributed by atoms with Crippen molar-refractivity contribution in [3.05, 3.63) is 11.5 Å². The van der Waals surface area contributed by atoms with Crippen molar-refractivity contribution in [2.45, 2.75) is 26.7 Å². The van der Waals surface area contributed by atoms with Gasteiger partial charge in [-0.3, -0.25) is 0 Å². The minimum Gasteiger partial charge on any atom is -0.481 e. The molecule has 0 aliphatic carbocycles. The third kappa shape index (κ3) is 3.85. The van der Waals surface area contributed by atoms with Crippen LogP contribution in [0.25, 0.3) is 0 Å². The Balaban J connectivity index is 3.91. The van der Waals surface area contributed by atoms with Gasteiger partial charge in [0.2, 0.25) is 0 Å². The number of carbonyl (C=O) groups is 1. The van der Waals surface area contributed by atoms with Crippen LogP contribution in [0.5, 0.6) is 0 Å². The smallest absolute Gasteiger partial charge is 0.338 e. The van der Waals surface area contributed by atoms with Crippen molar-refractivity contribution in [1.82, 2.24) is 0 Å². The minimum atomic E-state index is -1.16. The standard InChI is InChI=1S/C8H14O4/c1-3-4-5-12-8(11)6(2)7(9)10/h11H,3-5H2,1-2H3,(H,9,10). The Labute approximate surface area is 71.5 Å². The van der Waals surface area contributed by atoms with E-state index in [0.29, 0.717) is 6.61 Å². The molecular formula is C8H14O4. The van der Waals surface area contributed by atoms with Crippen LogP contribution in [0.4, 0.5) is 0 Å². The Kier molecular flexibility index (Phi) is 4.92. The van der Waals surface area contributed by atoms with E-state index in [1.807, 2.05) is 6.92 Å². The average molecular weight is 174 g/mol. The van der Waals surface area contributed by atoms with E-state index >= 15 is 0 Å². The molecule has 0 fully saturated rings. The summed E-state index contributed by atoms with van der Waals surface area (Å²) in [7, 11) is 0. The zero-order valence-electron chi connectivity index (χ0n) is 7.33. The number of aliphatic hydroxyl groups excluding tert-OH is 1. The van der Waals surface area contributed by atoms with Crippen LogP contribution in [0.15, 0.2) is 11.5 Å². The predicted molar refractivity (Wildman–Crippen MR) is 43.8 cm³/mol. The third-order valence-corrected chi connectivity index (χ3v) is 1.38. The number of hydrogen-bond acceptors (Lipinski definition) is 3. The lowest BCUT2D eigenvalue weighted by Gasteiger charge is -2.04. The highest BCUT2D eigenvalue weighted by Crippen LogP contribution is 2.03.